The van der Waals surface area contributed by atoms with Gasteiger partial charge in [-0.25, -0.2) is 0 Å². The topological polar surface area (TPSA) is 75.5 Å². The molecule has 1 aromatic carbocycles. The number of aryl methyl sites for hydroxylation is 1. The summed E-state index contributed by atoms with van der Waals surface area (Å²) in [6.45, 7) is 2.60. The number of hydrogen-bond acceptors (Lipinski definition) is 5. The Morgan fingerprint density at radius 3 is 2.43 bits per heavy atom. The van der Waals surface area contributed by atoms with Crippen molar-refractivity contribution in [3.05, 3.63) is 52.3 Å². The first-order chi connectivity index (χ1) is 16.3. The van der Waals surface area contributed by atoms with Gasteiger partial charge in [-0.1, -0.05) is 6.92 Å². The van der Waals surface area contributed by atoms with E-state index in [0.717, 1.165) is 25.3 Å². The molecule has 0 aliphatic carbocycles. The van der Waals surface area contributed by atoms with Crippen molar-refractivity contribution in [2.24, 2.45) is 0 Å². The van der Waals surface area contributed by atoms with Crippen LogP contribution in [0.3, 0.4) is 0 Å². The van der Waals surface area contributed by atoms with Crippen LogP contribution in [-0.2, 0) is 12.6 Å². The van der Waals surface area contributed by atoms with Gasteiger partial charge >= 0.3 is 12.4 Å². The minimum Gasteiger partial charge on any atom is -0.494 e. The number of nitriles is 1. The number of amides is 1. The van der Waals surface area contributed by atoms with Crippen LogP contribution in [0.15, 0.2) is 24.4 Å². The number of carbonyl (C=O) groups excluding carboxylic acids is 1. The molecule has 2 heterocycles. The van der Waals surface area contributed by atoms with E-state index in [1.54, 1.807) is 6.92 Å². The van der Waals surface area contributed by atoms with Crippen LogP contribution in [0.2, 0.25) is 0 Å². The van der Waals surface area contributed by atoms with Gasteiger partial charge in [-0.15, -0.1) is 0 Å². The lowest BCUT2D eigenvalue weighted by atomic mass is 9.90. The smallest absolute Gasteiger partial charge is 0.425 e. The van der Waals surface area contributed by atoms with Crippen LogP contribution in [0.4, 0.5) is 26.3 Å². The Kier molecular flexibility index (Phi) is 7.19. The first-order valence-corrected chi connectivity index (χ1v) is 10.5. The molecule has 0 N–H and O–H groups in total. The fourth-order valence-corrected chi connectivity index (χ4v) is 3.72. The molecule has 188 valence electrons. The van der Waals surface area contributed by atoms with Gasteiger partial charge < -0.3 is 14.4 Å². The molecular weight excluding hydrogens is 480 g/mol. The fourth-order valence-electron chi connectivity index (χ4n) is 3.72. The van der Waals surface area contributed by atoms with Gasteiger partial charge in [0.25, 0.3) is 5.91 Å². The van der Waals surface area contributed by atoms with Gasteiger partial charge in [-0.05, 0) is 37.1 Å². The number of alkyl halides is 6. The molecule has 1 fully saturated rings. The summed E-state index contributed by atoms with van der Waals surface area (Å²) in [4.78, 5) is 18.5. The molecule has 6 nitrogen and oxygen atoms in total. The first-order valence-electron chi connectivity index (χ1n) is 10.5. The zero-order chi connectivity index (χ0) is 26.1. The Morgan fingerprint density at radius 1 is 1.26 bits per heavy atom. The average molecular weight is 501 g/mol. The second-order valence-corrected chi connectivity index (χ2v) is 7.96. The number of hydrogen-bond donors (Lipinski definition) is 0. The molecular formula is C23H21F6N3O3. The van der Waals surface area contributed by atoms with Crippen LogP contribution in [-0.4, -0.2) is 48.3 Å². The van der Waals surface area contributed by atoms with Gasteiger partial charge in [-0.2, -0.15) is 31.6 Å². The van der Waals surface area contributed by atoms with Gasteiger partial charge in [-0.3, -0.25) is 9.78 Å². The van der Waals surface area contributed by atoms with Crippen LogP contribution < -0.4 is 9.47 Å². The number of pyridine rings is 1. The summed E-state index contributed by atoms with van der Waals surface area (Å²) in [5.74, 6) is -1.72. The second-order valence-electron chi connectivity index (χ2n) is 7.96. The molecule has 0 radical (unpaired) electrons. The van der Waals surface area contributed by atoms with E-state index in [1.807, 2.05) is 6.07 Å². The van der Waals surface area contributed by atoms with Gasteiger partial charge in [0.15, 0.2) is 11.9 Å². The molecule has 3 rings (SSSR count). The van der Waals surface area contributed by atoms with Crippen molar-refractivity contribution < 1.29 is 40.6 Å². The van der Waals surface area contributed by atoms with Crippen LogP contribution in [0.25, 0.3) is 0 Å². The molecule has 0 bridgehead atoms. The maximum Gasteiger partial charge on any atom is 0.425 e. The standard InChI is InChI=1S/C23H21F6N3O3/c1-4-13-7-16(23(27,28)29)9-31-19(13)15-10-32(11-15)21(33)18-17(35-12(2)22(24,25)26)6-5-14(8-30)20(18)34-3/h5-7,9,12,15H,4,10-11H2,1-3H3. The molecule has 1 aliphatic rings. The summed E-state index contributed by atoms with van der Waals surface area (Å²) in [6.07, 6.45) is -10.4. The van der Waals surface area contributed by atoms with Crippen LogP contribution in [0.5, 0.6) is 11.5 Å². The SMILES string of the molecule is CCc1cc(C(F)(F)F)cnc1C1CN(C(=O)c2c(OC(C)C(F)(F)F)ccc(C#N)c2OC)C1. The van der Waals surface area contributed by atoms with Gasteiger partial charge in [0.05, 0.1) is 23.9 Å². The van der Waals surface area contributed by atoms with E-state index in [9.17, 15) is 36.4 Å². The molecule has 35 heavy (non-hydrogen) atoms. The molecule has 2 aromatic rings. The summed E-state index contributed by atoms with van der Waals surface area (Å²) >= 11 is 0. The van der Waals surface area contributed by atoms with Crippen LogP contribution in [0, 0.1) is 11.3 Å². The normalized spacial score (nSPS) is 15.3. The molecule has 0 saturated carbocycles. The zero-order valence-electron chi connectivity index (χ0n) is 18.9. The highest BCUT2D eigenvalue weighted by Gasteiger charge is 2.41. The van der Waals surface area contributed by atoms with Gasteiger partial charge in [0.1, 0.15) is 17.4 Å². The molecule has 12 heteroatoms. The fraction of sp³-hybridized carbons (Fsp3) is 0.435. The lowest BCUT2D eigenvalue weighted by Gasteiger charge is -2.40. The maximum atomic E-state index is 13.2. The number of methoxy groups -OCH3 is 1. The van der Waals surface area contributed by atoms with E-state index in [1.165, 1.54) is 18.1 Å². The van der Waals surface area contributed by atoms with Crippen molar-refractivity contribution in [2.75, 3.05) is 20.2 Å². The highest BCUT2D eigenvalue weighted by molar-refractivity contribution is 6.01. The first kappa shape index (κ1) is 26.1. The Bertz CT molecular complexity index is 1150. The summed E-state index contributed by atoms with van der Waals surface area (Å²) < 4.78 is 88.4. The molecule has 1 atom stereocenters. The maximum absolute atomic E-state index is 13.2. The van der Waals surface area contributed by atoms with E-state index in [2.05, 4.69) is 4.98 Å². The minimum absolute atomic E-state index is 0.0679. The van der Waals surface area contributed by atoms with Crippen molar-refractivity contribution in [3.63, 3.8) is 0 Å². The lowest BCUT2D eigenvalue weighted by Crippen LogP contribution is -2.49. The monoisotopic (exact) mass is 501 g/mol. The number of rotatable bonds is 6. The number of halogens is 6. The summed E-state index contributed by atoms with van der Waals surface area (Å²) in [5, 5.41) is 9.33. The molecule has 1 saturated heterocycles. The highest BCUT2D eigenvalue weighted by atomic mass is 19.4. The Labute approximate surface area is 197 Å². The van der Waals surface area contributed by atoms with Crippen molar-refractivity contribution in [3.8, 4) is 17.6 Å². The molecule has 1 unspecified atom stereocenters. The minimum atomic E-state index is -4.70. The van der Waals surface area contributed by atoms with Crippen LogP contribution in [0.1, 0.15) is 52.5 Å². The number of nitrogens with zero attached hydrogens (tertiary/aromatic N) is 3. The van der Waals surface area contributed by atoms with E-state index in [4.69, 9.17) is 9.47 Å². The quantitative estimate of drug-likeness (QED) is 0.514. The lowest BCUT2D eigenvalue weighted by molar-refractivity contribution is -0.189. The third-order valence-corrected chi connectivity index (χ3v) is 5.69. The second kappa shape index (κ2) is 9.64. The van der Waals surface area contributed by atoms with Crippen molar-refractivity contribution in [1.82, 2.24) is 9.88 Å². The van der Waals surface area contributed by atoms with Crippen molar-refractivity contribution >= 4 is 5.91 Å². The third kappa shape index (κ3) is 5.28. The molecule has 1 aromatic heterocycles. The largest absolute Gasteiger partial charge is 0.494 e. The number of aromatic nitrogens is 1. The van der Waals surface area contributed by atoms with E-state index >= 15 is 0 Å². The molecule has 0 spiro atoms. The predicted molar refractivity (Wildman–Crippen MR) is 111 cm³/mol. The van der Waals surface area contributed by atoms with Crippen molar-refractivity contribution in [2.45, 2.75) is 44.6 Å². The van der Waals surface area contributed by atoms with Gasteiger partial charge in [0, 0.05) is 25.2 Å². The highest BCUT2D eigenvalue weighted by Crippen LogP contribution is 2.39. The number of ether oxygens (including phenoxy) is 2. The summed E-state index contributed by atoms with van der Waals surface area (Å²) in [5.41, 5.74) is -0.466. The Balaban J connectivity index is 1.89. The van der Waals surface area contributed by atoms with E-state index in [0.29, 0.717) is 17.7 Å². The van der Waals surface area contributed by atoms with E-state index in [-0.39, 0.29) is 35.9 Å². The zero-order valence-corrected chi connectivity index (χ0v) is 18.9. The van der Waals surface area contributed by atoms with Crippen LogP contribution >= 0.6 is 0 Å². The molecule has 1 amide bonds. The van der Waals surface area contributed by atoms with Crippen molar-refractivity contribution in [1.29, 1.82) is 5.26 Å². The number of carbonyl (C=O) groups is 1. The number of benzene rings is 1. The predicted octanol–water partition coefficient (Wildman–Crippen LogP) is 5.11. The number of likely N-dealkylation sites (tertiary alicyclic amines) is 1. The Hall–Kier alpha value is -3.49. The summed E-state index contributed by atoms with van der Waals surface area (Å²) in [7, 11) is 1.17. The van der Waals surface area contributed by atoms with Gasteiger partial charge in [0.2, 0.25) is 0 Å². The van der Waals surface area contributed by atoms with E-state index < -0.39 is 35.7 Å². The average Bonchev–Trinajstić information content (AvgIpc) is 2.76. The third-order valence-electron chi connectivity index (χ3n) is 5.69. The summed E-state index contributed by atoms with van der Waals surface area (Å²) in [6, 6.07) is 5.13. The molecule has 1 aliphatic heterocycles. The Morgan fingerprint density at radius 2 is 1.91 bits per heavy atom.